The highest BCUT2D eigenvalue weighted by Gasteiger charge is 2.22. The van der Waals surface area contributed by atoms with Gasteiger partial charge in [-0.25, -0.2) is 0 Å². The summed E-state index contributed by atoms with van der Waals surface area (Å²) in [5, 5.41) is 6.30. The van der Waals surface area contributed by atoms with Crippen molar-refractivity contribution in [2.24, 2.45) is 5.92 Å². The first-order valence-electron chi connectivity index (χ1n) is 8.19. The Morgan fingerprint density at radius 3 is 2.45 bits per heavy atom. The van der Waals surface area contributed by atoms with Gasteiger partial charge in [-0.15, -0.1) is 12.4 Å². The Bertz CT molecular complexity index is 306. The van der Waals surface area contributed by atoms with Crippen LogP contribution in [-0.4, -0.2) is 88.3 Å². The molecular formula is C15H31ClN4O2. The van der Waals surface area contributed by atoms with Crippen molar-refractivity contribution in [1.82, 2.24) is 20.4 Å². The van der Waals surface area contributed by atoms with Gasteiger partial charge in [-0.1, -0.05) is 0 Å². The molecule has 0 saturated carbocycles. The van der Waals surface area contributed by atoms with Crippen molar-refractivity contribution in [3.8, 4) is 0 Å². The van der Waals surface area contributed by atoms with Crippen LogP contribution in [0.5, 0.6) is 0 Å². The molecule has 7 heteroatoms. The molecule has 0 bridgehead atoms. The zero-order valence-corrected chi connectivity index (χ0v) is 14.5. The number of rotatable bonds is 7. The SMILES string of the molecule is COCCNC(=O)CN1CCN(CC2CCNCC2)CC1.Cl. The highest BCUT2D eigenvalue weighted by molar-refractivity contribution is 5.85. The zero-order chi connectivity index (χ0) is 14.9. The molecular weight excluding hydrogens is 304 g/mol. The Hall–Kier alpha value is -0.400. The number of piperazine rings is 1. The van der Waals surface area contributed by atoms with E-state index in [4.69, 9.17) is 4.74 Å². The van der Waals surface area contributed by atoms with Gasteiger partial charge in [0.2, 0.25) is 5.91 Å². The lowest BCUT2D eigenvalue weighted by molar-refractivity contribution is -0.122. The molecule has 0 aromatic carbocycles. The molecule has 0 aromatic heterocycles. The highest BCUT2D eigenvalue weighted by atomic mass is 35.5. The molecule has 0 spiro atoms. The van der Waals surface area contributed by atoms with Gasteiger partial charge >= 0.3 is 0 Å². The minimum Gasteiger partial charge on any atom is -0.383 e. The number of nitrogens with zero attached hydrogens (tertiary/aromatic N) is 2. The Labute approximate surface area is 140 Å². The van der Waals surface area contributed by atoms with Gasteiger partial charge in [-0.2, -0.15) is 0 Å². The van der Waals surface area contributed by atoms with Crippen LogP contribution in [0.3, 0.4) is 0 Å². The summed E-state index contributed by atoms with van der Waals surface area (Å²) in [6.45, 7) is 9.47. The number of ether oxygens (including phenoxy) is 1. The average Bonchev–Trinajstić information content (AvgIpc) is 2.51. The van der Waals surface area contributed by atoms with E-state index in [0.717, 1.165) is 32.1 Å². The van der Waals surface area contributed by atoms with Crippen LogP contribution in [0, 0.1) is 5.92 Å². The van der Waals surface area contributed by atoms with Gasteiger partial charge in [-0.05, 0) is 31.8 Å². The van der Waals surface area contributed by atoms with Gasteiger partial charge in [0.15, 0.2) is 0 Å². The number of halogens is 1. The number of carbonyl (C=O) groups is 1. The Morgan fingerprint density at radius 1 is 1.18 bits per heavy atom. The van der Waals surface area contributed by atoms with Gasteiger partial charge < -0.3 is 20.3 Å². The van der Waals surface area contributed by atoms with Crippen LogP contribution in [0.4, 0.5) is 0 Å². The standard InChI is InChI=1S/C15H30N4O2.ClH/c1-21-11-6-17-15(20)13-19-9-7-18(8-10-19)12-14-2-4-16-5-3-14;/h14,16H,2-13H2,1H3,(H,17,20);1H. The monoisotopic (exact) mass is 334 g/mol. The summed E-state index contributed by atoms with van der Waals surface area (Å²) in [7, 11) is 1.65. The summed E-state index contributed by atoms with van der Waals surface area (Å²) in [6.07, 6.45) is 2.62. The van der Waals surface area contributed by atoms with E-state index >= 15 is 0 Å². The molecule has 1 amide bonds. The molecule has 2 rings (SSSR count). The molecule has 0 radical (unpaired) electrons. The third kappa shape index (κ3) is 7.24. The van der Waals surface area contributed by atoms with Crippen LogP contribution in [0.2, 0.25) is 0 Å². The molecule has 0 unspecified atom stereocenters. The second-order valence-corrected chi connectivity index (χ2v) is 6.11. The first kappa shape index (κ1) is 19.6. The van der Waals surface area contributed by atoms with Crippen molar-refractivity contribution >= 4 is 18.3 Å². The van der Waals surface area contributed by atoms with E-state index in [1.807, 2.05) is 0 Å². The first-order chi connectivity index (χ1) is 10.3. The molecule has 6 nitrogen and oxygen atoms in total. The van der Waals surface area contributed by atoms with Crippen molar-refractivity contribution in [2.75, 3.05) is 72.6 Å². The maximum atomic E-state index is 11.8. The summed E-state index contributed by atoms with van der Waals surface area (Å²) in [4.78, 5) is 16.6. The van der Waals surface area contributed by atoms with Crippen molar-refractivity contribution in [2.45, 2.75) is 12.8 Å². The molecule has 2 N–H and O–H groups in total. The molecule has 0 atom stereocenters. The largest absolute Gasteiger partial charge is 0.383 e. The number of methoxy groups -OCH3 is 1. The van der Waals surface area contributed by atoms with Crippen molar-refractivity contribution in [3.05, 3.63) is 0 Å². The second-order valence-electron chi connectivity index (χ2n) is 6.11. The van der Waals surface area contributed by atoms with E-state index in [1.54, 1.807) is 7.11 Å². The fourth-order valence-electron chi connectivity index (χ4n) is 3.11. The van der Waals surface area contributed by atoms with E-state index < -0.39 is 0 Å². The summed E-state index contributed by atoms with van der Waals surface area (Å²) in [6, 6.07) is 0. The number of hydrogen-bond donors (Lipinski definition) is 2. The van der Waals surface area contributed by atoms with Gasteiger partial charge in [0.05, 0.1) is 13.2 Å². The number of carbonyl (C=O) groups excluding carboxylic acids is 1. The van der Waals surface area contributed by atoms with E-state index in [2.05, 4.69) is 20.4 Å². The minimum atomic E-state index is 0. The number of piperidine rings is 1. The Balaban J connectivity index is 0.00000242. The van der Waals surface area contributed by atoms with Gasteiger partial charge in [0, 0.05) is 46.4 Å². The van der Waals surface area contributed by atoms with E-state index in [9.17, 15) is 4.79 Å². The zero-order valence-electron chi connectivity index (χ0n) is 13.7. The topological polar surface area (TPSA) is 56.8 Å². The molecule has 2 saturated heterocycles. The summed E-state index contributed by atoms with van der Waals surface area (Å²) < 4.78 is 4.93. The fourth-order valence-corrected chi connectivity index (χ4v) is 3.11. The number of hydrogen-bond acceptors (Lipinski definition) is 5. The van der Waals surface area contributed by atoms with E-state index in [1.165, 1.54) is 32.5 Å². The Morgan fingerprint density at radius 2 is 1.82 bits per heavy atom. The van der Waals surface area contributed by atoms with Crippen molar-refractivity contribution in [1.29, 1.82) is 0 Å². The number of amides is 1. The predicted molar refractivity (Wildman–Crippen MR) is 90.6 cm³/mol. The first-order valence-corrected chi connectivity index (χ1v) is 8.19. The molecule has 130 valence electrons. The molecule has 2 heterocycles. The lowest BCUT2D eigenvalue weighted by atomic mass is 9.97. The molecule has 0 aromatic rings. The molecule has 0 aliphatic carbocycles. The molecule has 2 fully saturated rings. The van der Waals surface area contributed by atoms with Gasteiger partial charge in [-0.3, -0.25) is 9.69 Å². The quantitative estimate of drug-likeness (QED) is 0.631. The lowest BCUT2D eigenvalue weighted by Crippen LogP contribution is -2.51. The summed E-state index contributed by atoms with van der Waals surface area (Å²) >= 11 is 0. The summed E-state index contributed by atoms with van der Waals surface area (Å²) in [5.74, 6) is 0.967. The van der Waals surface area contributed by atoms with Crippen LogP contribution in [-0.2, 0) is 9.53 Å². The van der Waals surface area contributed by atoms with Crippen molar-refractivity contribution in [3.63, 3.8) is 0 Å². The fraction of sp³-hybridized carbons (Fsp3) is 0.933. The lowest BCUT2D eigenvalue weighted by Gasteiger charge is -2.37. The van der Waals surface area contributed by atoms with Crippen molar-refractivity contribution < 1.29 is 9.53 Å². The third-order valence-electron chi connectivity index (χ3n) is 4.44. The van der Waals surface area contributed by atoms with E-state index in [-0.39, 0.29) is 18.3 Å². The van der Waals surface area contributed by atoms with Crippen LogP contribution < -0.4 is 10.6 Å². The normalized spacial score (nSPS) is 21.3. The van der Waals surface area contributed by atoms with Gasteiger partial charge in [0.1, 0.15) is 0 Å². The predicted octanol–water partition coefficient (Wildman–Crippen LogP) is -0.212. The highest BCUT2D eigenvalue weighted by Crippen LogP contribution is 2.14. The Kier molecular flexibility index (Phi) is 9.99. The third-order valence-corrected chi connectivity index (χ3v) is 4.44. The molecule has 2 aliphatic rings. The molecule has 22 heavy (non-hydrogen) atoms. The van der Waals surface area contributed by atoms with Crippen LogP contribution in [0.15, 0.2) is 0 Å². The van der Waals surface area contributed by atoms with Crippen LogP contribution >= 0.6 is 12.4 Å². The van der Waals surface area contributed by atoms with Gasteiger partial charge in [0.25, 0.3) is 0 Å². The minimum absolute atomic E-state index is 0. The number of nitrogens with one attached hydrogen (secondary N) is 2. The molecule has 2 aliphatic heterocycles. The maximum Gasteiger partial charge on any atom is 0.234 e. The second kappa shape index (κ2) is 11.2. The average molecular weight is 335 g/mol. The van der Waals surface area contributed by atoms with Crippen LogP contribution in [0.25, 0.3) is 0 Å². The van der Waals surface area contributed by atoms with E-state index in [0.29, 0.717) is 19.7 Å². The smallest absolute Gasteiger partial charge is 0.234 e. The summed E-state index contributed by atoms with van der Waals surface area (Å²) in [5.41, 5.74) is 0. The maximum absolute atomic E-state index is 11.8. The van der Waals surface area contributed by atoms with Crippen LogP contribution in [0.1, 0.15) is 12.8 Å².